The zero-order valence-corrected chi connectivity index (χ0v) is 12.0. The van der Waals surface area contributed by atoms with Gasteiger partial charge in [0.05, 0.1) is 17.4 Å². The van der Waals surface area contributed by atoms with Crippen LogP contribution in [0.1, 0.15) is 13.3 Å². The summed E-state index contributed by atoms with van der Waals surface area (Å²) in [6.07, 6.45) is 0.427. The predicted molar refractivity (Wildman–Crippen MR) is 69.7 cm³/mol. The van der Waals surface area contributed by atoms with Crippen molar-refractivity contribution in [3.63, 3.8) is 0 Å². The van der Waals surface area contributed by atoms with Gasteiger partial charge in [-0.1, -0.05) is 6.92 Å². The van der Waals surface area contributed by atoms with E-state index in [-0.39, 0.29) is 30.6 Å². The van der Waals surface area contributed by atoms with Crippen LogP contribution in [0.25, 0.3) is 0 Å². The number of carboxylic acid groups (broad SMARTS) is 1. The normalized spacial score (nSPS) is 20.4. The Kier molecular flexibility index (Phi) is 5.16. The molecule has 1 N–H and O–H groups in total. The van der Waals surface area contributed by atoms with E-state index in [2.05, 4.69) is 0 Å². The van der Waals surface area contributed by atoms with E-state index in [1.165, 1.54) is 23.8 Å². The highest BCUT2D eigenvalue weighted by atomic mass is 32.2. The second kappa shape index (κ2) is 6.23. The lowest BCUT2D eigenvalue weighted by Crippen LogP contribution is -2.44. The zero-order chi connectivity index (χ0) is 14.6. The smallest absolute Gasteiger partial charge is 0.319 e. The van der Waals surface area contributed by atoms with E-state index < -0.39 is 21.7 Å². The SMILES string of the molecule is CC(CN(C)C(=O)N1CCCS(=O)(=O)CC1)C(=O)O. The number of hydrogen-bond acceptors (Lipinski definition) is 4. The molecule has 1 aliphatic rings. The van der Waals surface area contributed by atoms with Gasteiger partial charge in [0.25, 0.3) is 0 Å². The third-order valence-corrected chi connectivity index (χ3v) is 4.84. The van der Waals surface area contributed by atoms with Crippen LogP contribution in [0.15, 0.2) is 0 Å². The molecule has 7 nitrogen and oxygen atoms in total. The maximum atomic E-state index is 12.1. The van der Waals surface area contributed by atoms with Gasteiger partial charge >= 0.3 is 12.0 Å². The Bertz CT molecular complexity index is 448. The molecule has 1 saturated heterocycles. The molecule has 1 fully saturated rings. The Morgan fingerprint density at radius 2 is 1.95 bits per heavy atom. The lowest BCUT2D eigenvalue weighted by atomic mass is 10.2. The maximum absolute atomic E-state index is 12.1. The van der Waals surface area contributed by atoms with E-state index >= 15 is 0 Å². The molecule has 0 aliphatic carbocycles. The molecule has 2 amide bonds. The monoisotopic (exact) mass is 292 g/mol. The van der Waals surface area contributed by atoms with Crippen LogP contribution in [-0.4, -0.2) is 73.5 Å². The minimum atomic E-state index is -3.05. The van der Waals surface area contributed by atoms with Crippen LogP contribution >= 0.6 is 0 Å². The first kappa shape index (κ1) is 15.7. The highest BCUT2D eigenvalue weighted by Gasteiger charge is 2.26. The van der Waals surface area contributed by atoms with E-state index in [0.29, 0.717) is 13.0 Å². The van der Waals surface area contributed by atoms with Gasteiger partial charge in [0, 0.05) is 26.7 Å². The van der Waals surface area contributed by atoms with Gasteiger partial charge in [0.2, 0.25) is 0 Å². The van der Waals surface area contributed by atoms with Crippen LogP contribution in [-0.2, 0) is 14.6 Å². The van der Waals surface area contributed by atoms with Crippen LogP contribution in [0, 0.1) is 5.92 Å². The van der Waals surface area contributed by atoms with Gasteiger partial charge < -0.3 is 14.9 Å². The van der Waals surface area contributed by atoms with E-state index in [0.717, 1.165) is 0 Å². The zero-order valence-electron chi connectivity index (χ0n) is 11.2. The molecule has 0 bridgehead atoms. The molecule has 0 spiro atoms. The summed E-state index contributed by atoms with van der Waals surface area (Å²) < 4.78 is 22.9. The second-order valence-electron chi connectivity index (χ2n) is 4.89. The van der Waals surface area contributed by atoms with Gasteiger partial charge in [-0.2, -0.15) is 0 Å². The minimum absolute atomic E-state index is 0.0267. The molecule has 0 aromatic carbocycles. The van der Waals surface area contributed by atoms with Crippen molar-refractivity contribution in [2.75, 3.05) is 38.2 Å². The summed E-state index contributed by atoms with van der Waals surface area (Å²) >= 11 is 0. The molecule has 0 aromatic rings. The van der Waals surface area contributed by atoms with Gasteiger partial charge in [-0.25, -0.2) is 13.2 Å². The van der Waals surface area contributed by atoms with Crippen molar-refractivity contribution >= 4 is 21.8 Å². The van der Waals surface area contributed by atoms with Gasteiger partial charge in [-0.3, -0.25) is 4.79 Å². The van der Waals surface area contributed by atoms with Gasteiger partial charge in [0.15, 0.2) is 9.84 Å². The van der Waals surface area contributed by atoms with Crippen LogP contribution < -0.4 is 0 Å². The number of rotatable bonds is 3. The molecule has 1 aliphatic heterocycles. The third-order valence-electron chi connectivity index (χ3n) is 3.12. The van der Waals surface area contributed by atoms with Crippen LogP contribution in [0.5, 0.6) is 0 Å². The summed E-state index contributed by atoms with van der Waals surface area (Å²) in [6.45, 7) is 2.20. The molecule has 1 rings (SSSR count). The fraction of sp³-hybridized carbons (Fsp3) is 0.818. The first-order valence-electron chi connectivity index (χ1n) is 6.16. The van der Waals surface area contributed by atoms with E-state index in [1.807, 2.05) is 0 Å². The minimum Gasteiger partial charge on any atom is -0.481 e. The summed E-state index contributed by atoms with van der Waals surface area (Å²) in [5, 5.41) is 8.81. The van der Waals surface area contributed by atoms with E-state index in [1.54, 1.807) is 0 Å². The number of amides is 2. The molecule has 110 valence electrons. The van der Waals surface area contributed by atoms with E-state index in [4.69, 9.17) is 5.11 Å². The van der Waals surface area contributed by atoms with Crippen molar-refractivity contribution in [1.82, 2.24) is 9.80 Å². The summed E-state index contributed by atoms with van der Waals surface area (Å²) in [4.78, 5) is 25.6. The number of carbonyl (C=O) groups excluding carboxylic acids is 1. The van der Waals surface area contributed by atoms with E-state index in [9.17, 15) is 18.0 Å². The Morgan fingerprint density at radius 1 is 1.32 bits per heavy atom. The lowest BCUT2D eigenvalue weighted by molar-refractivity contribution is -0.141. The number of aliphatic carboxylic acids is 1. The molecule has 1 atom stereocenters. The largest absolute Gasteiger partial charge is 0.481 e. The number of nitrogens with zero attached hydrogens (tertiary/aromatic N) is 2. The topological polar surface area (TPSA) is 95.0 Å². The summed E-state index contributed by atoms with van der Waals surface area (Å²) in [5.41, 5.74) is 0. The summed E-state index contributed by atoms with van der Waals surface area (Å²) in [7, 11) is -1.53. The number of carbonyl (C=O) groups is 2. The van der Waals surface area contributed by atoms with Gasteiger partial charge in [0.1, 0.15) is 0 Å². The quantitative estimate of drug-likeness (QED) is 0.782. The van der Waals surface area contributed by atoms with Crippen molar-refractivity contribution in [1.29, 1.82) is 0 Å². The Labute approximate surface area is 113 Å². The first-order chi connectivity index (χ1) is 8.73. The Hall–Kier alpha value is -1.31. The first-order valence-corrected chi connectivity index (χ1v) is 7.98. The number of sulfone groups is 1. The Balaban J connectivity index is 2.59. The number of urea groups is 1. The molecule has 1 unspecified atom stereocenters. The second-order valence-corrected chi connectivity index (χ2v) is 7.20. The van der Waals surface area contributed by atoms with Crippen molar-refractivity contribution in [3.05, 3.63) is 0 Å². The van der Waals surface area contributed by atoms with Gasteiger partial charge in [-0.05, 0) is 6.42 Å². The molecule has 0 aromatic heterocycles. The third kappa shape index (κ3) is 4.70. The molecule has 8 heteroatoms. The van der Waals surface area contributed by atoms with Crippen LogP contribution in [0.4, 0.5) is 4.79 Å². The highest BCUT2D eigenvalue weighted by Crippen LogP contribution is 2.08. The van der Waals surface area contributed by atoms with Crippen LogP contribution in [0.3, 0.4) is 0 Å². The standard InChI is InChI=1S/C11H20N2O5S/c1-9(10(14)15)8-12(2)11(16)13-4-3-6-19(17,18)7-5-13/h9H,3-8H2,1-2H3,(H,14,15). The fourth-order valence-corrected chi connectivity index (χ4v) is 3.21. The highest BCUT2D eigenvalue weighted by molar-refractivity contribution is 7.91. The molecule has 19 heavy (non-hydrogen) atoms. The molecular formula is C11H20N2O5S. The molecule has 1 heterocycles. The predicted octanol–water partition coefficient (Wildman–Crippen LogP) is -0.121. The van der Waals surface area contributed by atoms with Crippen molar-refractivity contribution in [2.24, 2.45) is 5.92 Å². The van der Waals surface area contributed by atoms with Gasteiger partial charge in [-0.15, -0.1) is 0 Å². The summed E-state index contributed by atoms with van der Waals surface area (Å²) in [6, 6.07) is -0.315. The molecular weight excluding hydrogens is 272 g/mol. The average molecular weight is 292 g/mol. The van der Waals surface area contributed by atoms with Crippen molar-refractivity contribution in [2.45, 2.75) is 13.3 Å². The van der Waals surface area contributed by atoms with Crippen molar-refractivity contribution in [3.8, 4) is 0 Å². The lowest BCUT2D eigenvalue weighted by Gasteiger charge is -2.27. The Morgan fingerprint density at radius 3 is 2.53 bits per heavy atom. The van der Waals surface area contributed by atoms with Crippen LogP contribution in [0.2, 0.25) is 0 Å². The fourth-order valence-electron chi connectivity index (χ4n) is 1.94. The maximum Gasteiger partial charge on any atom is 0.319 e. The summed E-state index contributed by atoms with van der Waals surface area (Å²) in [5.74, 6) is -1.53. The molecule has 0 radical (unpaired) electrons. The van der Waals surface area contributed by atoms with Crippen molar-refractivity contribution < 1.29 is 23.1 Å². The average Bonchev–Trinajstić information content (AvgIpc) is 2.49. The number of carboxylic acids is 1. The number of hydrogen-bond donors (Lipinski definition) is 1. The molecule has 0 saturated carbocycles.